The maximum Gasteiger partial charge on any atom is 0.290 e. The van der Waals surface area contributed by atoms with E-state index in [0.717, 1.165) is 42.4 Å². The van der Waals surface area contributed by atoms with Gasteiger partial charge in [-0.3, -0.25) is 9.59 Å². The van der Waals surface area contributed by atoms with Crippen LogP contribution in [0, 0.1) is 0 Å². The maximum absolute atomic E-state index is 13.9. The Morgan fingerprint density at radius 1 is 0.974 bits per heavy atom. The molecule has 7 nitrogen and oxygen atoms in total. The fourth-order valence-electron chi connectivity index (χ4n) is 4.98. The van der Waals surface area contributed by atoms with Crippen molar-refractivity contribution in [3.8, 4) is 11.5 Å². The Kier molecular flexibility index (Phi) is 9.49. The van der Waals surface area contributed by atoms with Gasteiger partial charge >= 0.3 is 0 Å². The predicted octanol–water partition coefficient (Wildman–Crippen LogP) is 6.41. The van der Waals surface area contributed by atoms with Crippen LogP contribution in [0.25, 0.3) is 11.0 Å². The molecular formula is C30H37BrN2O5. The number of benzene rings is 2. The highest BCUT2D eigenvalue weighted by Crippen LogP contribution is 2.41. The van der Waals surface area contributed by atoms with Crippen LogP contribution in [0.4, 0.5) is 0 Å². The van der Waals surface area contributed by atoms with E-state index in [1.54, 1.807) is 23.1 Å². The van der Waals surface area contributed by atoms with Gasteiger partial charge in [-0.15, -0.1) is 0 Å². The quantitative estimate of drug-likeness (QED) is 0.216. The molecule has 0 fully saturated rings. The van der Waals surface area contributed by atoms with E-state index < -0.39 is 6.04 Å². The van der Waals surface area contributed by atoms with E-state index in [9.17, 15) is 9.59 Å². The van der Waals surface area contributed by atoms with Gasteiger partial charge in [0.25, 0.3) is 5.91 Å². The van der Waals surface area contributed by atoms with Crippen LogP contribution < -0.4 is 14.9 Å². The summed E-state index contributed by atoms with van der Waals surface area (Å²) in [5.41, 5.74) is 1.38. The van der Waals surface area contributed by atoms with Crippen molar-refractivity contribution in [2.45, 2.75) is 53.0 Å². The molecule has 0 bridgehead atoms. The second kappa shape index (κ2) is 12.8. The van der Waals surface area contributed by atoms with Gasteiger partial charge in [0.1, 0.15) is 5.58 Å². The lowest BCUT2D eigenvalue weighted by Crippen LogP contribution is -2.37. The zero-order valence-corrected chi connectivity index (χ0v) is 24.3. The number of ether oxygens (including phenoxy) is 2. The van der Waals surface area contributed by atoms with Gasteiger partial charge in [0.15, 0.2) is 16.9 Å². The largest absolute Gasteiger partial charge is 0.490 e. The van der Waals surface area contributed by atoms with Crippen molar-refractivity contribution in [3.05, 3.63) is 68.0 Å². The van der Waals surface area contributed by atoms with Gasteiger partial charge in [0, 0.05) is 17.6 Å². The lowest BCUT2D eigenvalue weighted by molar-refractivity contribution is 0.0708. The molecule has 1 unspecified atom stereocenters. The third-order valence-electron chi connectivity index (χ3n) is 7.07. The van der Waals surface area contributed by atoms with Gasteiger partial charge in [0.2, 0.25) is 5.76 Å². The fraction of sp³-hybridized carbons (Fsp3) is 0.467. The standard InChI is InChI=1S/C30H37BrN2O5/c1-5-9-10-17-37-24-13-11-20(18-25(24)36-8-4)27-26-28(34)22-19-21(31)12-14-23(22)38-29(26)30(35)33(27)16-15-32(6-2)7-3/h11-14,18-19,27H,5-10,15-17H2,1-4H3. The summed E-state index contributed by atoms with van der Waals surface area (Å²) in [6.07, 6.45) is 3.19. The molecule has 3 aromatic rings. The van der Waals surface area contributed by atoms with E-state index in [1.165, 1.54) is 0 Å². The molecule has 1 aromatic heterocycles. The first-order valence-electron chi connectivity index (χ1n) is 13.6. The number of fused-ring (bicyclic) bond motifs is 2. The number of likely N-dealkylation sites (N-methyl/N-ethyl adjacent to an activating group) is 1. The molecule has 4 rings (SSSR count). The molecule has 2 aromatic carbocycles. The van der Waals surface area contributed by atoms with Crippen LogP contribution in [-0.4, -0.2) is 55.1 Å². The molecule has 2 heterocycles. The minimum absolute atomic E-state index is 0.118. The van der Waals surface area contributed by atoms with Gasteiger partial charge in [-0.2, -0.15) is 0 Å². The Bertz CT molecular complexity index is 1330. The van der Waals surface area contributed by atoms with Crippen LogP contribution in [0.3, 0.4) is 0 Å². The molecule has 38 heavy (non-hydrogen) atoms. The third-order valence-corrected chi connectivity index (χ3v) is 7.56. The van der Waals surface area contributed by atoms with Crippen molar-refractivity contribution in [1.82, 2.24) is 9.80 Å². The highest BCUT2D eigenvalue weighted by Gasteiger charge is 2.43. The van der Waals surface area contributed by atoms with Crippen molar-refractivity contribution in [2.24, 2.45) is 0 Å². The lowest BCUT2D eigenvalue weighted by Gasteiger charge is -2.28. The molecule has 0 spiro atoms. The van der Waals surface area contributed by atoms with Gasteiger partial charge in [-0.1, -0.05) is 55.6 Å². The zero-order chi connectivity index (χ0) is 27.2. The minimum Gasteiger partial charge on any atom is -0.490 e. The number of carbonyl (C=O) groups excluding carboxylic acids is 1. The van der Waals surface area contributed by atoms with E-state index in [-0.39, 0.29) is 17.1 Å². The first kappa shape index (κ1) is 28.2. The summed E-state index contributed by atoms with van der Waals surface area (Å²) in [7, 11) is 0. The predicted molar refractivity (Wildman–Crippen MR) is 153 cm³/mol. The first-order chi connectivity index (χ1) is 18.4. The van der Waals surface area contributed by atoms with Crippen LogP contribution >= 0.6 is 15.9 Å². The Labute approximate surface area is 232 Å². The van der Waals surface area contributed by atoms with Crippen molar-refractivity contribution >= 4 is 32.8 Å². The molecule has 0 saturated heterocycles. The molecule has 1 atom stereocenters. The fourth-order valence-corrected chi connectivity index (χ4v) is 5.34. The van der Waals surface area contributed by atoms with E-state index in [4.69, 9.17) is 13.9 Å². The van der Waals surface area contributed by atoms with Gasteiger partial charge in [-0.05, 0) is 62.3 Å². The Hall–Kier alpha value is -2.84. The number of hydrogen-bond donors (Lipinski definition) is 0. The number of amides is 1. The van der Waals surface area contributed by atoms with E-state index in [0.29, 0.717) is 54.3 Å². The number of rotatable bonds is 13. The summed E-state index contributed by atoms with van der Waals surface area (Å²) < 4.78 is 18.8. The van der Waals surface area contributed by atoms with Crippen LogP contribution in [0.1, 0.15) is 74.7 Å². The lowest BCUT2D eigenvalue weighted by atomic mass is 9.98. The summed E-state index contributed by atoms with van der Waals surface area (Å²) in [5, 5.41) is 0.447. The summed E-state index contributed by atoms with van der Waals surface area (Å²) in [6, 6.07) is 10.4. The zero-order valence-electron chi connectivity index (χ0n) is 22.7. The molecular weight excluding hydrogens is 548 g/mol. The number of halogens is 1. The average molecular weight is 586 g/mol. The number of hydrogen-bond acceptors (Lipinski definition) is 6. The van der Waals surface area contributed by atoms with Crippen molar-refractivity contribution in [3.63, 3.8) is 0 Å². The van der Waals surface area contributed by atoms with Crippen LogP contribution in [0.15, 0.2) is 50.1 Å². The summed E-state index contributed by atoms with van der Waals surface area (Å²) >= 11 is 3.46. The van der Waals surface area contributed by atoms with E-state index in [2.05, 4.69) is 41.6 Å². The Balaban J connectivity index is 1.81. The van der Waals surface area contributed by atoms with Gasteiger partial charge in [0.05, 0.1) is 30.2 Å². The minimum atomic E-state index is -0.582. The molecule has 0 saturated carbocycles. The second-order valence-corrected chi connectivity index (χ2v) is 10.4. The van der Waals surface area contributed by atoms with Crippen molar-refractivity contribution in [2.75, 3.05) is 39.4 Å². The molecule has 8 heteroatoms. The normalized spacial score (nSPS) is 14.9. The van der Waals surface area contributed by atoms with Gasteiger partial charge < -0.3 is 23.7 Å². The van der Waals surface area contributed by atoms with Crippen LogP contribution in [0.5, 0.6) is 11.5 Å². The highest BCUT2D eigenvalue weighted by molar-refractivity contribution is 9.10. The highest BCUT2D eigenvalue weighted by atomic mass is 79.9. The average Bonchev–Trinajstić information content (AvgIpc) is 3.20. The molecule has 1 aliphatic rings. The third kappa shape index (κ3) is 5.76. The molecule has 0 radical (unpaired) electrons. The van der Waals surface area contributed by atoms with E-state index in [1.807, 2.05) is 25.1 Å². The van der Waals surface area contributed by atoms with E-state index >= 15 is 0 Å². The molecule has 0 aliphatic carbocycles. The monoisotopic (exact) mass is 584 g/mol. The number of nitrogens with zero attached hydrogens (tertiary/aromatic N) is 2. The van der Waals surface area contributed by atoms with Gasteiger partial charge in [-0.25, -0.2) is 0 Å². The first-order valence-corrected chi connectivity index (χ1v) is 14.4. The smallest absolute Gasteiger partial charge is 0.290 e. The Morgan fingerprint density at radius 3 is 2.47 bits per heavy atom. The maximum atomic E-state index is 13.9. The summed E-state index contributed by atoms with van der Waals surface area (Å²) in [6.45, 7) is 12.3. The Morgan fingerprint density at radius 2 is 1.76 bits per heavy atom. The topological polar surface area (TPSA) is 72.2 Å². The second-order valence-electron chi connectivity index (χ2n) is 9.44. The van der Waals surface area contributed by atoms with Crippen LogP contribution in [0.2, 0.25) is 0 Å². The number of unbranched alkanes of at least 4 members (excludes halogenated alkanes) is 2. The van der Waals surface area contributed by atoms with Crippen LogP contribution in [-0.2, 0) is 0 Å². The number of carbonyl (C=O) groups is 1. The molecule has 1 aliphatic heterocycles. The molecule has 204 valence electrons. The summed E-state index contributed by atoms with van der Waals surface area (Å²) in [4.78, 5) is 31.6. The van der Waals surface area contributed by atoms with Crippen molar-refractivity contribution < 1.29 is 18.7 Å². The SMILES string of the molecule is CCCCCOc1ccc(C2c3c(oc4ccc(Br)cc4c3=O)C(=O)N2CCN(CC)CC)cc1OCC. The molecule has 0 N–H and O–H groups in total. The molecule has 1 amide bonds. The summed E-state index contributed by atoms with van der Waals surface area (Å²) in [5.74, 6) is 1.13. The van der Waals surface area contributed by atoms with Crippen molar-refractivity contribution in [1.29, 1.82) is 0 Å².